The van der Waals surface area contributed by atoms with Crippen LogP contribution >= 0.6 is 11.3 Å². The van der Waals surface area contributed by atoms with E-state index in [1.165, 1.54) is 4.88 Å². The van der Waals surface area contributed by atoms with Crippen molar-refractivity contribution in [2.75, 3.05) is 6.54 Å². The standard InChI is InChI=1S/C14H17N3OS/c1-11-3-4-12(19-11)5-6-14(18)16-8-7-13-15-9-10-17(13)2/h3-6,9-10H,7-8H2,1-2H3,(H,16,18). The first-order valence-electron chi connectivity index (χ1n) is 6.14. The number of aromatic nitrogens is 2. The SMILES string of the molecule is Cc1ccc(C=CC(=O)NCCc2nccn2C)s1. The van der Waals surface area contributed by atoms with Gasteiger partial charge in [-0.2, -0.15) is 0 Å². The third-order valence-corrected chi connectivity index (χ3v) is 3.69. The lowest BCUT2D eigenvalue weighted by atomic mass is 10.3. The van der Waals surface area contributed by atoms with E-state index in [2.05, 4.69) is 17.2 Å². The molecule has 0 saturated carbocycles. The molecule has 0 aromatic carbocycles. The van der Waals surface area contributed by atoms with Gasteiger partial charge < -0.3 is 9.88 Å². The van der Waals surface area contributed by atoms with Crippen molar-refractivity contribution in [3.8, 4) is 0 Å². The Morgan fingerprint density at radius 3 is 3.00 bits per heavy atom. The number of imidazole rings is 1. The molecular weight excluding hydrogens is 258 g/mol. The normalized spacial score (nSPS) is 11.1. The van der Waals surface area contributed by atoms with Crippen LogP contribution in [0.2, 0.25) is 0 Å². The van der Waals surface area contributed by atoms with Gasteiger partial charge in [0.25, 0.3) is 0 Å². The molecule has 2 aromatic rings. The van der Waals surface area contributed by atoms with Crippen molar-refractivity contribution < 1.29 is 4.79 Å². The van der Waals surface area contributed by atoms with Crippen LogP contribution in [0.25, 0.3) is 6.08 Å². The van der Waals surface area contributed by atoms with E-state index < -0.39 is 0 Å². The highest BCUT2D eigenvalue weighted by atomic mass is 32.1. The summed E-state index contributed by atoms with van der Waals surface area (Å²) in [4.78, 5) is 18.2. The summed E-state index contributed by atoms with van der Waals surface area (Å²) in [5.74, 6) is 0.901. The zero-order chi connectivity index (χ0) is 13.7. The van der Waals surface area contributed by atoms with Crippen LogP contribution in [0.15, 0.2) is 30.6 Å². The number of carbonyl (C=O) groups is 1. The van der Waals surface area contributed by atoms with Gasteiger partial charge in [-0.1, -0.05) is 0 Å². The van der Waals surface area contributed by atoms with Crippen molar-refractivity contribution in [1.82, 2.24) is 14.9 Å². The number of carbonyl (C=O) groups excluding carboxylic acids is 1. The van der Waals surface area contributed by atoms with Crippen molar-refractivity contribution in [3.05, 3.63) is 46.2 Å². The predicted molar refractivity (Wildman–Crippen MR) is 78.0 cm³/mol. The summed E-state index contributed by atoms with van der Waals surface area (Å²) in [6, 6.07) is 4.06. The molecule has 0 aliphatic rings. The number of aryl methyl sites for hydroxylation is 2. The van der Waals surface area contributed by atoms with Gasteiger partial charge in [0.2, 0.25) is 5.91 Å². The van der Waals surface area contributed by atoms with Gasteiger partial charge in [0, 0.05) is 48.2 Å². The number of nitrogens with zero attached hydrogens (tertiary/aromatic N) is 2. The highest BCUT2D eigenvalue weighted by Crippen LogP contribution is 2.16. The Balaban J connectivity index is 1.76. The highest BCUT2D eigenvalue weighted by Gasteiger charge is 2.00. The Morgan fingerprint density at radius 1 is 1.53 bits per heavy atom. The second kappa shape index (κ2) is 6.33. The Hall–Kier alpha value is -1.88. The van der Waals surface area contributed by atoms with E-state index in [-0.39, 0.29) is 5.91 Å². The molecule has 4 nitrogen and oxygen atoms in total. The van der Waals surface area contributed by atoms with Crippen molar-refractivity contribution in [2.24, 2.45) is 7.05 Å². The zero-order valence-electron chi connectivity index (χ0n) is 11.1. The summed E-state index contributed by atoms with van der Waals surface area (Å²) < 4.78 is 1.95. The average molecular weight is 275 g/mol. The van der Waals surface area contributed by atoms with Crippen LogP contribution in [0.4, 0.5) is 0 Å². The van der Waals surface area contributed by atoms with Crippen molar-refractivity contribution in [2.45, 2.75) is 13.3 Å². The van der Waals surface area contributed by atoms with E-state index in [0.29, 0.717) is 6.54 Å². The van der Waals surface area contributed by atoms with Crippen LogP contribution in [-0.2, 0) is 18.3 Å². The van der Waals surface area contributed by atoms with Crippen LogP contribution in [0, 0.1) is 6.92 Å². The number of hydrogen-bond acceptors (Lipinski definition) is 3. The Morgan fingerprint density at radius 2 is 2.37 bits per heavy atom. The van der Waals surface area contributed by atoms with Crippen molar-refractivity contribution >= 4 is 23.3 Å². The molecule has 1 amide bonds. The fourth-order valence-electron chi connectivity index (χ4n) is 1.69. The van der Waals surface area contributed by atoms with Crippen LogP contribution < -0.4 is 5.32 Å². The zero-order valence-corrected chi connectivity index (χ0v) is 11.9. The molecule has 1 N–H and O–H groups in total. The third-order valence-electron chi connectivity index (χ3n) is 2.73. The maximum absolute atomic E-state index is 11.6. The summed E-state index contributed by atoms with van der Waals surface area (Å²) in [5, 5.41) is 2.85. The molecule has 0 unspecified atom stereocenters. The molecule has 100 valence electrons. The maximum Gasteiger partial charge on any atom is 0.244 e. The van der Waals surface area contributed by atoms with E-state index in [1.54, 1.807) is 23.6 Å². The Bertz CT molecular complexity index is 583. The minimum absolute atomic E-state index is 0.0692. The Labute approximate surface area is 116 Å². The van der Waals surface area contributed by atoms with Gasteiger partial charge in [0.05, 0.1) is 0 Å². The minimum Gasteiger partial charge on any atom is -0.352 e. The van der Waals surface area contributed by atoms with E-state index in [9.17, 15) is 4.79 Å². The molecular formula is C14H17N3OS. The van der Waals surface area contributed by atoms with Crippen molar-refractivity contribution in [1.29, 1.82) is 0 Å². The lowest BCUT2D eigenvalue weighted by Crippen LogP contribution is -2.24. The number of thiophene rings is 1. The summed E-state index contributed by atoms with van der Waals surface area (Å²) >= 11 is 1.67. The van der Waals surface area contributed by atoms with E-state index in [0.717, 1.165) is 17.1 Å². The fourth-order valence-corrected chi connectivity index (χ4v) is 2.47. The molecule has 0 saturated heterocycles. The molecule has 2 rings (SSSR count). The molecule has 0 fully saturated rings. The summed E-state index contributed by atoms with van der Waals surface area (Å²) in [6.45, 7) is 2.65. The average Bonchev–Trinajstić information content (AvgIpc) is 2.96. The van der Waals surface area contributed by atoms with Gasteiger partial charge >= 0.3 is 0 Å². The van der Waals surface area contributed by atoms with Gasteiger partial charge in [0.15, 0.2) is 0 Å². The molecule has 0 bridgehead atoms. The number of amides is 1. The van der Waals surface area contributed by atoms with Crippen LogP contribution in [0.5, 0.6) is 0 Å². The second-order valence-corrected chi connectivity index (χ2v) is 5.60. The van der Waals surface area contributed by atoms with Gasteiger partial charge in [-0.25, -0.2) is 4.98 Å². The second-order valence-electron chi connectivity index (χ2n) is 4.28. The quantitative estimate of drug-likeness (QED) is 0.850. The molecule has 5 heteroatoms. The van der Waals surface area contributed by atoms with Crippen LogP contribution in [-0.4, -0.2) is 22.0 Å². The molecule has 0 spiro atoms. The molecule has 0 aliphatic heterocycles. The summed E-state index contributed by atoms with van der Waals surface area (Å²) in [5.41, 5.74) is 0. The molecule has 2 aromatic heterocycles. The number of nitrogens with one attached hydrogen (secondary N) is 1. The molecule has 0 atom stereocenters. The molecule has 2 heterocycles. The number of rotatable bonds is 5. The van der Waals surface area contributed by atoms with Crippen LogP contribution in [0.1, 0.15) is 15.6 Å². The summed E-state index contributed by atoms with van der Waals surface area (Å²) in [6.07, 6.45) is 7.81. The number of hydrogen-bond donors (Lipinski definition) is 1. The smallest absolute Gasteiger partial charge is 0.244 e. The predicted octanol–water partition coefficient (Wildman–Crippen LogP) is 2.16. The molecule has 0 aliphatic carbocycles. The first kappa shape index (κ1) is 13.5. The molecule has 19 heavy (non-hydrogen) atoms. The first-order valence-corrected chi connectivity index (χ1v) is 6.95. The lowest BCUT2D eigenvalue weighted by Gasteiger charge is -2.02. The molecule has 0 radical (unpaired) electrons. The monoisotopic (exact) mass is 275 g/mol. The van der Waals surface area contributed by atoms with Gasteiger partial charge in [0.1, 0.15) is 5.82 Å². The van der Waals surface area contributed by atoms with Crippen LogP contribution in [0.3, 0.4) is 0 Å². The third kappa shape index (κ3) is 4.06. The van der Waals surface area contributed by atoms with E-state index in [1.807, 2.05) is 36.0 Å². The van der Waals surface area contributed by atoms with E-state index in [4.69, 9.17) is 0 Å². The van der Waals surface area contributed by atoms with Gasteiger partial charge in [-0.3, -0.25) is 4.79 Å². The lowest BCUT2D eigenvalue weighted by molar-refractivity contribution is -0.116. The van der Waals surface area contributed by atoms with Crippen molar-refractivity contribution in [3.63, 3.8) is 0 Å². The first-order chi connectivity index (χ1) is 9.15. The maximum atomic E-state index is 11.6. The minimum atomic E-state index is -0.0692. The largest absolute Gasteiger partial charge is 0.352 e. The highest BCUT2D eigenvalue weighted by molar-refractivity contribution is 7.12. The topological polar surface area (TPSA) is 46.9 Å². The van der Waals surface area contributed by atoms with Gasteiger partial charge in [-0.05, 0) is 25.1 Å². The fraction of sp³-hybridized carbons (Fsp3) is 0.286. The van der Waals surface area contributed by atoms with Gasteiger partial charge in [-0.15, -0.1) is 11.3 Å². The van der Waals surface area contributed by atoms with E-state index >= 15 is 0 Å². The summed E-state index contributed by atoms with van der Waals surface area (Å²) in [7, 11) is 1.95. The Kier molecular flexibility index (Phi) is 4.52.